The van der Waals surface area contributed by atoms with Gasteiger partial charge in [-0.2, -0.15) is 0 Å². The molecule has 1 aromatic carbocycles. The molecule has 0 radical (unpaired) electrons. The second-order valence-corrected chi connectivity index (χ2v) is 9.58. The van der Waals surface area contributed by atoms with Gasteiger partial charge in [0.05, 0.1) is 5.69 Å². The predicted molar refractivity (Wildman–Crippen MR) is 132 cm³/mol. The number of amides is 1. The molecule has 2 aliphatic rings. The number of aromatic amines is 1. The van der Waals surface area contributed by atoms with E-state index in [0.717, 1.165) is 31.9 Å². The van der Waals surface area contributed by atoms with E-state index in [0.29, 0.717) is 38.7 Å². The predicted octanol–water partition coefficient (Wildman–Crippen LogP) is 2.01. The number of benzene rings is 1. The van der Waals surface area contributed by atoms with Crippen LogP contribution in [-0.2, 0) is 11.3 Å². The number of H-pyrrole nitrogens is 1. The van der Waals surface area contributed by atoms with Crippen molar-refractivity contribution in [3.05, 3.63) is 51.4 Å². The Kier molecular flexibility index (Phi) is 7.02. The molecule has 0 atom stereocenters. The van der Waals surface area contributed by atoms with Gasteiger partial charge >= 0.3 is 0 Å². The molecule has 8 nitrogen and oxygen atoms in total. The molecule has 0 saturated carbocycles. The second-order valence-electron chi connectivity index (χ2n) is 9.58. The third-order valence-electron chi connectivity index (χ3n) is 6.63. The van der Waals surface area contributed by atoms with E-state index in [-0.39, 0.29) is 17.4 Å². The molecule has 2 aliphatic heterocycles. The first kappa shape index (κ1) is 23.3. The van der Waals surface area contributed by atoms with Gasteiger partial charge in [0.15, 0.2) is 0 Å². The summed E-state index contributed by atoms with van der Waals surface area (Å²) < 4.78 is 0. The van der Waals surface area contributed by atoms with Crippen molar-refractivity contribution in [3.63, 3.8) is 0 Å². The first-order chi connectivity index (χ1) is 15.8. The number of hydrogen-bond donors (Lipinski definition) is 1. The summed E-state index contributed by atoms with van der Waals surface area (Å²) in [7, 11) is 0. The zero-order chi connectivity index (χ0) is 23.5. The van der Waals surface area contributed by atoms with E-state index >= 15 is 0 Å². The van der Waals surface area contributed by atoms with Crippen molar-refractivity contribution in [2.45, 2.75) is 34.2 Å². The Morgan fingerprint density at radius 1 is 0.970 bits per heavy atom. The third kappa shape index (κ3) is 5.55. The number of hydrogen-bond acceptors (Lipinski definition) is 6. The number of rotatable bonds is 5. The lowest BCUT2D eigenvalue weighted by atomic mass is 10.1. The second kappa shape index (κ2) is 9.95. The highest BCUT2D eigenvalue weighted by atomic mass is 16.2. The van der Waals surface area contributed by atoms with Gasteiger partial charge in [0.2, 0.25) is 11.9 Å². The molecule has 2 aromatic rings. The lowest BCUT2D eigenvalue weighted by Crippen LogP contribution is -2.50. The van der Waals surface area contributed by atoms with E-state index in [1.165, 1.54) is 16.8 Å². The largest absolute Gasteiger partial charge is 0.369 e. The quantitative estimate of drug-likeness (QED) is 0.748. The fourth-order valence-corrected chi connectivity index (χ4v) is 4.66. The molecule has 8 heteroatoms. The highest BCUT2D eigenvalue weighted by Crippen LogP contribution is 2.23. The first-order valence-corrected chi connectivity index (χ1v) is 12.0. The number of aromatic nitrogens is 2. The molecular formula is C25H36N6O2. The minimum atomic E-state index is -0.121. The molecule has 1 N–H and O–H groups in total. The Balaban J connectivity index is 1.36. The summed E-state index contributed by atoms with van der Waals surface area (Å²) in [6.07, 6.45) is 0. The zero-order valence-electron chi connectivity index (χ0n) is 20.3. The summed E-state index contributed by atoms with van der Waals surface area (Å²) >= 11 is 0. The fourth-order valence-electron chi connectivity index (χ4n) is 4.66. The first-order valence-electron chi connectivity index (χ1n) is 12.0. The molecule has 0 bridgehead atoms. The van der Waals surface area contributed by atoms with Crippen LogP contribution in [0.1, 0.15) is 30.7 Å². The summed E-state index contributed by atoms with van der Waals surface area (Å²) in [5.41, 5.74) is 4.60. The molecule has 0 aliphatic carbocycles. The molecule has 2 fully saturated rings. The average molecular weight is 453 g/mol. The summed E-state index contributed by atoms with van der Waals surface area (Å²) in [4.78, 5) is 41.1. The van der Waals surface area contributed by atoms with Crippen molar-refractivity contribution in [2.75, 3.05) is 62.2 Å². The van der Waals surface area contributed by atoms with Crippen molar-refractivity contribution in [1.82, 2.24) is 19.8 Å². The molecule has 178 valence electrons. The van der Waals surface area contributed by atoms with Crippen molar-refractivity contribution >= 4 is 17.5 Å². The van der Waals surface area contributed by atoms with E-state index in [1.54, 1.807) is 6.07 Å². The molecular weight excluding hydrogens is 416 g/mol. The van der Waals surface area contributed by atoms with Crippen LogP contribution >= 0.6 is 0 Å². The Labute approximate surface area is 196 Å². The monoisotopic (exact) mass is 452 g/mol. The zero-order valence-corrected chi connectivity index (χ0v) is 20.3. The van der Waals surface area contributed by atoms with Gasteiger partial charge in [-0.3, -0.25) is 19.5 Å². The number of anilines is 2. The number of aryl methyl sites for hydroxylation is 2. The molecule has 1 aromatic heterocycles. The van der Waals surface area contributed by atoms with Gasteiger partial charge in [-0.1, -0.05) is 26.0 Å². The van der Waals surface area contributed by atoms with Crippen LogP contribution in [0, 0.1) is 19.8 Å². The van der Waals surface area contributed by atoms with E-state index in [1.807, 2.05) is 18.7 Å². The van der Waals surface area contributed by atoms with Crippen LogP contribution in [0.25, 0.3) is 0 Å². The standard InChI is InChI=1S/C25H36N6O2/c1-18(2)24(33)30-11-13-31(14-12-30)25-26-21(16-23(32)27-25)17-28-7-9-29(10-8-28)22-15-19(3)5-6-20(22)4/h5-6,15-16,18H,7-14,17H2,1-4H3,(H,26,27,32). The molecule has 33 heavy (non-hydrogen) atoms. The Hall–Kier alpha value is -2.87. The fraction of sp³-hybridized carbons (Fsp3) is 0.560. The van der Waals surface area contributed by atoms with Gasteiger partial charge in [-0.25, -0.2) is 4.98 Å². The van der Waals surface area contributed by atoms with E-state index in [4.69, 9.17) is 4.98 Å². The maximum absolute atomic E-state index is 12.4. The van der Waals surface area contributed by atoms with Gasteiger partial charge in [-0.15, -0.1) is 0 Å². The summed E-state index contributed by atoms with van der Waals surface area (Å²) in [6, 6.07) is 8.23. The normalized spacial score (nSPS) is 17.7. The van der Waals surface area contributed by atoms with Gasteiger partial charge in [-0.05, 0) is 31.0 Å². The lowest BCUT2D eigenvalue weighted by Gasteiger charge is -2.37. The van der Waals surface area contributed by atoms with E-state index in [2.05, 4.69) is 51.7 Å². The van der Waals surface area contributed by atoms with Gasteiger partial charge in [0.1, 0.15) is 0 Å². The Morgan fingerprint density at radius 3 is 2.30 bits per heavy atom. The molecule has 4 rings (SSSR count). The lowest BCUT2D eigenvalue weighted by molar-refractivity contribution is -0.134. The molecule has 0 spiro atoms. The SMILES string of the molecule is Cc1ccc(C)c(N2CCN(Cc3cc(=O)[nH]c(N4CCN(C(=O)C(C)C)CC4)n3)CC2)c1. The van der Waals surface area contributed by atoms with Crippen molar-refractivity contribution in [3.8, 4) is 0 Å². The molecule has 3 heterocycles. The highest BCUT2D eigenvalue weighted by Gasteiger charge is 2.25. The molecule has 0 unspecified atom stereocenters. The number of carbonyl (C=O) groups excluding carboxylic acids is 1. The Bertz CT molecular complexity index is 1030. The Morgan fingerprint density at radius 2 is 1.64 bits per heavy atom. The highest BCUT2D eigenvalue weighted by molar-refractivity contribution is 5.78. The van der Waals surface area contributed by atoms with Crippen LogP contribution in [0.15, 0.2) is 29.1 Å². The van der Waals surface area contributed by atoms with Crippen molar-refractivity contribution < 1.29 is 4.79 Å². The van der Waals surface area contributed by atoms with Crippen molar-refractivity contribution in [2.24, 2.45) is 5.92 Å². The van der Waals surface area contributed by atoms with Crippen LogP contribution in [0.5, 0.6) is 0 Å². The van der Waals surface area contributed by atoms with E-state index < -0.39 is 0 Å². The maximum Gasteiger partial charge on any atom is 0.252 e. The number of piperazine rings is 2. The minimum Gasteiger partial charge on any atom is -0.369 e. The van der Waals surface area contributed by atoms with E-state index in [9.17, 15) is 9.59 Å². The van der Waals surface area contributed by atoms with Crippen LogP contribution in [0.4, 0.5) is 11.6 Å². The minimum absolute atomic E-state index is 0.00751. The molecule has 1 amide bonds. The number of nitrogens with one attached hydrogen (secondary N) is 1. The van der Waals surface area contributed by atoms with Crippen LogP contribution in [0.2, 0.25) is 0 Å². The topological polar surface area (TPSA) is 75.8 Å². The van der Waals surface area contributed by atoms with Gasteiger partial charge in [0.25, 0.3) is 5.56 Å². The smallest absolute Gasteiger partial charge is 0.252 e. The van der Waals surface area contributed by atoms with Crippen LogP contribution < -0.4 is 15.4 Å². The van der Waals surface area contributed by atoms with Gasteiger partial charge < -0.3 is 14.7 Å². The van der Waals surface area contributed by atoms with Crippen LogP contribution in [0.3, 0.4) is 0 Å². The summed E-state index contributed by atoms with van der Waals surface area (Å²) in [5.74, 6) is 0.807. The average Bonchev–Trinajstić information content (AvgIpc) is 2.80. The summed E-state index contributed by atoms with van der Waals surface area (Å²) in [5, 5.41) is 0. The number of carbonyl (C=O) groups is 1. The summed E-state index contributed by atoms with van der Waals surface area (Å²) in [6.45, 7) is 15.3. The third-order valence-corrected chi connectivity index (χ3v) is 6.63. The number of nitrogens with zero attached hydrogens (tertiary/aromatic N) is 5. The molecule has 2 saturated heterocycles. The van der Waals surface area contributed by atoms with Gasteiger partial charge in [0, 0.05) is 76.6 Å². The van der Waals surface area contributed by atoms with Crippen molar-refractivity contribution in [1.29, 1.82) is 0 Å². The maximum atomic E-state index is 12.4. The van der Waals surface area contributed by atoms with Crippen LogP contribution in [-0.4, -0.2) is 78.0 Å².